The maximum atomic E-state index is 10.3. The lowest BCUT2D eigenvalue weighted by Gasteiger charge is -2.04. The fourth-order valence-corrected chi connectivity index (χ4v) is 6.69. The number of hydrogen-bond donors (Lipinski definition) is 3. The molecule has 0 heterocycles. The first-order valence-electron chi connectivity index (χ1n) is 23.9. The highest BCUT2D eigenvalue weighted by atomic mass is 16.4. The molecule has 3 N–H and O–H groups in total. The molecule has 0 aliphatic carbocycles. The fraction of sp³-hybridized carbons (Fsp3) is 0.765. The van der Waals surface area contributed by atoms with Gasteiger partial charge in [-0.25, -0.2) is 0 Å². The van der Waals surface area contributed by atoms with Gasteiger partial charge in [-0.3, -0.25) is 9.59 Å². The van der Waals surface area contributed by atoms with Crippen LogP contribution in [0.25, 0.3) is 0 Å². The second-order valence-corrected chi connectivity index (χ2v) is 16.0. The smallest absolute Gasteiger partial charge is 0.303 e. The van der Waals surface area contributed by atoms with Gasteiger partial charge in [0, 0.05) is 12.8 Å². The molecule has 0 atom stereocenters. The Bertz CT molecular complexity index is 950. The zero-order chi connectivity index (χ0) is 41.4. The molecule has 5 heteroatoms. The Balaban J connectivity index is 0. The van der Waals surface area contributed by atoms with Crippen LogP contribution in [-0.2, 0) is 16.0 Å². The zero-order valence-corrected chi connectivity index (χ0v) is 37.2. The van der Waals surface area contributed by atoms with Gasteiger partial charge in [-0.1, -0.05) is 205 Å². The summed E-state index contributed by atoms with van der Waals surface area (Å²) in [5.74, 6) is -0.876. The number of aryl methyl sites for hydroxylation is 1. The van der Waals surface area contributed by atoms with Crippen LogP contribution in [0.1, 0.15) is 251 Å². The third kappa shape index (κ3) is 49.5. The van der Waals surface area contributed by atoms with E-state index in [0.717, 1.165) is 37.7 Å². The average Bonchev–Trinajstić information content (AvgIpc) is 3.18. The summed E-state index contributed by atoms with van der Waals surface area (Å²) in [7, 11) is 0. The Kier molecular flexibility index (Phi) is 48.2. The molecule has 0 saturated carbocycles. The summed E-state index contributed by atoms with van der Waals surface area (Å²) in [6.45, 7) is 6.77. The number of unbranched alkanes of at least 4 members (excludes halogenated alkanes) is 28. The molecule has 0 aliphatic rings. The van der Waals surface area contributed by atoms with Crippen molar-refractivity contribution in [3.63, 3.8) is 0 Å². The maximum absolute atomic E-state index is 10.3. The van der Waals surface area contributed by atoms with Crippen molar-refractivity contribution in [2.75, 3.05) is 0 Å². The number of carboxylic acid groups (broad SMARTS) is 2. The van der Waals surface area contributed by atoms with Crippen LogP contribution in [-0.4, -0.2) is 27.3 Å². The van der Waals surface area contributed by atoms with Crippen LogP contribution < -0.4 is 0 Å². The Morgan fingerprint density at radius 1 is 0.411 bits per heavy atom. The van der Waals surface area contributed by atoms with Gasteiger partial charge in [-0.15, -0.1) is 0 Å². The van der Waals surface area contributed by atoms with Crippen LogP contribution in [0.4, 0.5) is 0 Å². The maximum Gasteiger partial charge on any atom is 0.303 e. The second-order valence-electron chi connectivity index (χ2n) is 16.0. The van der Waals surface area contributed by atoms with Crippen LogP contribution >= 0.6 is 0 Å². The molecule has 0 radical (unpaired) electrons. The summed E-state index contributed by atoms with van der Waals surface area (Å²) >= 11 is 0. The van der Waals surface area contributed by atoms with Gasteiger partial charge >= 0.3 is 11.9 Å². The van der Waals surface area contributed by atoms with Crippen LogP contribution in [0.3, 0.4) is 0 Å². The first kappa shape index (κ1) is 55.5. The van der Waals surface area contributed by atoms with E-state index in [1.807, 2.05) is 18.2 Å². The normalized spacial score (nSPS) is 11.1. The lowest BCUT2D eigenvalue weighted by molar-refractivity contribution is -0.138. The Morgan fingerprint density at radius 2 is 0.696 bits per heavy atom. The number of para-hydroxylation sites is 1. The summed E-state index contributed by atoms with van der Waals surface area (Å²) in [4.78, 5) is 20.6. The van der Waals surface area contributed by atoms with Gasteiger partial charge in [0.15, 0.2) is 0 Å². The quantitative estimate of drug-likeness (QED) is 0.0458. The van der Waals surface area contributed by atoms with Gasteiger partial charge < -0.3 is 15.3 Å². The highest BCUT2D eigenvalue weighted by Gasteiger charge is 2.00. The first-order chi connectivity index (χ1) is 27.4. The number of hydrogen-bond acceptors (Lipinski definition) is 3. The van der Waals surface area contributed by atoms with Gasteiger partial charge in [0.25, 0.3) is 0 Å². The number of benzene rings is 1. The van der Waals surface area contributed by atoms with Crippen molar-refractivity contribution in [1.82, 2.24) is 0 Å². The number of aliphatic carboxylic acids is 2. The molecule has 0 saturated heterocycles. The largest absolute Gasteiger partial charge is 0.508 e. The summed E-state index contributed by atoms with van der Waals surface area (Å²) in [6.07, 6.45) is 52.8. The number of phenols is 1. The molecule has 0 aromatic heterocycles. The monoisotopic (exact) mass is 785 g/mol. The Morgan fingerprint density at radius 3 is 1.02 bits per heavy atom. The van der Waals surface area contributed by atoms with Crippen molar-refractivity contribution in [3.05, 3.63) is 54.1 Å². The van der Waals surface area contributed by atoms with Crippen LogP contribution in [0.5, 0.6) is 5.75 Å². The fourth-order valence-electron chi connectivity index (χ4n) is 6.69. The Hall–Kier alpha value is -2.56. The summed E-state index contributed by atoms with van der Waals surface area (Å²) in [5.41, 5.74) is 1.09. The van der Waals surface area contributed by atoms with Crippen molar-refractivity contribution >= 4 is 11.9 Å². The van der Waals surface area contributed by atoms with Gasteiger partial charge in [0.2, 0.25) is 0 Å². The Labute approximate surface area is 347 Å². The van der Waals surface area contributed by atoms with Gasteiger partial charge in [-0.05, 0) is 88.7 Å². The minimum atomic E-state index is -0.664. The highest BCUT2D eigenvalue weighted by Crippen LogP contribution is 2.19. The molecule has 0 amide bonds. The van der Waals surface area contributed by atoms with Crippen molar-refractivity contribution < 1.29 is 24.9 Å². The molecular weight excluding hydrogens is 693 g/mol. The van der Waals surface area contributed by atoms with Gasteiger partial charge in [0.1, 0.15) is 5.75 Å². The molecule has 1 aromatic rings. The first-order valence-corrected chi connectivity index (χ1v) is 23.9. The lowest BCUT2D eigenvalue weighted by atomic mass is 10.0. The molecule has 0 spiro atoms. The van der Waals surface area contributed by atoms with E-state index in [0.29, 0.717) is 18.6 Å². The van der Waals surface area contributed by atoms with Crippen molar-refractivity contribution in [2.24, 2.45) is 0 Å². The average molecular weight is 785 g/mol. The van der Waals surface area contributed by atoms with Crippen molar-refractivity contribution in [2.45, 2.75) is 252 Å². The SMILES string of the molecule is CCCCCCCC/C=C\CCCCCCCC(=O)O.CCCCCCCC/C=C\CCCCCCCC(=O)O.CCCCCCCCCc1ccccc1O. The van der Waals surface area contributed by atoms with E-state index in [-0.39, 0.29) is 0 Å². The van der Waals surface area contributed by atoms with Gasteiger partial charge in [0.05, 0.1) is 0 Å². The molecule has 5 nitrogen and oxygen atoms in total. The topological polar surface area (TPSA) is 94.8 Å². The molecular formula is C51H92O5. The molecule has 1 aromatic carbocycles. The standard InChI is InChI=1S/2C18H34O2.C15H24O/c2*1-2-3-4-5-6-7-8-9-10-11-12-13-14-15-16-17-18(19)20;1-2-3-4-5-6-7-8-11-14-12-9-10-13-15(14)16/h2*9-10H,2-8,11-17H2,1H3,(H,19,20);9-10,12-13,16H,2-8,11H2,1H3/b2*10-9-;. The lowest BCUT2D eigenvalue weighted by Crippen LogP contribution is -1.93. The molecule has 0 unspecified atom stereocenters. The second kappa shape index (κ2) is 48.6. The van der Waals surface area contributed by atoms with Gasteiger partial charge in [-0.2, -0.15) is 0 Å². The molecule has 56 heavy (non-hydrogen) atoms. The van der Waals surface area contributed by atoms with E-state index in [2.05, 4.69) is 45.1 Å². The number of carboxylic acids is 2. The zero-order valence-electron chi connectivity index (χ0n) is 37.2. The molecule has 0 aliphatic heterocycles. The van der Waals surface area contributed by atoms with Crippen molar-refractivity contribution in [3.8, 4) is 5.75 Å². The minimum Gasteiger partial charge on any atom is -0.508 e. The summed E-state index contributed by atoms with van der Waals surface area (Å²) in [6, 6.07) is 7.67. The molecule has 326 valence electrons. The van der Waals surface area contributed by atoms with E-state index in [1.54, 1.807) is 6.07 Å². The predicted octanol–water partition coefficient (Wildman–Crippen LogP) is 16.9. The van der Waals surface area contributed by atoms with E-state index in [1.165, 1.54) is 186 Å². The van der Waals surface area contributed by atoms with Crippen LogP contribution in [0.2, 0.25) is 0 Å². The van der Waals surface area contributed by atoms with E-state index in [4.69, 9.17) is 10.2 Å². The summed E-state index contributed by atoms with van der Waals surface area (Å²) < 4.78 is 0. The number of rotatable bonds is 38. The van der Waals surface area contributed by atoms with Crippen LogP contribution in [0.15, 0.2) is 48.6 Å². The van der Waals surface area contributed by atoms with E-state index >= 15 is 0 Å². The molecule has 0 bridgehead atoms. The molecule has 1 rings (SSSR count). The van der Waals surface area contributed by atoms with Crippen LogP contribution in [0, 0.1) is 0 Å². The highest BCUT2D eigenvalue weighted by molar-refractivity contribution is 5.66. The number of allylic oxidation sites excluding steroid dienone is 4. The molecule has 0 fully saturated rings. The number of phenolic OH excluding ortho intramolecular Hbond substituents is 1. The summed E-state index contributed by atoms with van der Waals surface area (Å²) in [5, 5.41) is 26.6. The number of carbonyl (C=O) groups is 2. The third-order valence-corrected chi connectivity index (χ3v) is 10.3. The van der Waals surface area contributed by atoms with E-state index < -0.39 is 11.9 Å². The van der Waals surface area contributed by atoms with E-state index in [9.17, 15) is 14.7 Å². The predicted molar refractivity (Wildman–Crippen MR) is 244 cm³/mol. The number of aromatic hydroxyl groups is 1. The minimum absolute atomic E-state index is 0.332. The third-order valence-electron chi connectivity index (χ3n) is 10.3. The van der Waals surface area contributed by atoms with Crippen molar-refractivity contribution in [1.29, 1.82) is 0 Å².